The van der Waals surface area contributed by atoms with E-state index in [1.807, 2.05) is 56.3 Å². The van der Waals surface area contributed by atoms with Crippen molar-refractivity contribution < 1.29 is 28.7 Å². The lowest BCUT2D eigenvalue weighted by Gasteiger charge is -2.45. The maximum absolute atomic E-state index is 14.4. The van der Waals surface area contributed by atoms with E-state index in [0.29, 0.717) is 30.2 Å². The van der Waals surface area contributed by atoms with E-state index in [1.165, 1.54) is 18.3 Å². The highest BCUT2D eigenvalue weighted by Gasteiger charge is 2.49. The first-order valence-electron chi connectivity index (χ1n) is 20.3. The highest BCUT2D eigenvalue weighted by Crippen LogP contribution is 2.45. The zero-order valence-corrected chi connectivity index (χ0v) is 34.8. The smallest absolute Gasteiger partial charge is 0.408 e. The van der Waals surface area contributed by atoms with Crippen molar-refractivity contribution in [3.05, 3.63) is 112 Å². The van der Waals surface area contributed by atoms with E-state index in [2.05, 4.69) is 65.9 Å². The number of carbonyl (C=O) groups excluding carboxylic acids is 4. The number of aromatic nitrogens is 1. The summed E-state index contributed by atoms with van der Waals surface area (Å²) in [5.41, 5.74) is 4.83. The molecule has 0 spiro atoms. The van der Waals surface area contributed by atoms with Gasteiger partial charge in [-0.15, -0.1) is 11.3 Å². The van der Waals surface area contributed by atoms with Crippen LogP contribution in [-0.2, 0) is 25.5 Å². The van der Waals surface area contributed by atoms with Gasteiger partial charge < -0.3 is 25.0 Å². The monoisotopic (exact) mass is 792 g/mol. The fraction of sp³-hybridized carbons (Fsp3) is 0.457. The lowest BCUT2D eigenvalue weighted by molar-refractivity contribution is -0.150. The summed E-state index contributed by atoms with van der Waals surface area (Å²) in [6.45, 7) is 9.85. The average Bonchev–Trinajstić information content (AvgIpc) is 3.80. The van der Waals surface area contributed by atoms with Gasteiger partial charge in [-0.25, -0.2) is 9.78 Å². The molecule has 1 saturated carbocycles. The normalized spacial score (nSPS) is 16.3. The number of ether oxygens (including phenoxy) is 2. The van der Waals surface area contributed by atoms with Gasteiger partial charge in [0.05, 0.1) is 0 Å². The Bertz CT molecular complexity index is 1980. The van der Waals surface area contributed by atoms with Crippen molar-refractivity contribution in [2.24, 2.45) is 11.8 Å². The van der Waals surface area contributed by atoms with Gasteiger partial charge in [-0.2, -0.15) is 0 Å². The second kappa shape index (κ2) is 18.5. The van der Waals surface area contributed by atoms with E-state index in [9.17, 15) is 19.2 Å². The number of likely N-dealkylation sites (N-methyl/N-ethyl adjacent to an activating group) is 1. The molecule has 57 heavy (non-hydrogen) atoms. The Morgan fingerprint density at radius 3 is 2.12 bits per heavy atom. The second-order valence-electron chi connectivity index (χ2n) is 16.1. The molecule has 1 fully saturated rings. The third-order valence-electron chi connectivity index (χ3n) is 11.7. The number of hydrogen-bond donors (Lipinski definition) is 2. The minimum absolute atomic E-state index is 0.0365. The van der Waals surface area contributed by atoms with E-state index in [-0.39, 0.29) is 54.5 Å². The molecular formula is C46H56N4O6S. The molecular weight excluding hydrogens is 737 g/mol. The first-order valence-corrected chi connectivity index (χ1v) is 21.1. The summed E-state index contributed by atoms with van der Waals surface area (Å²) in [4.78, 5) is 60.2. The molecule has 0 bridgehead atoms. The Hall–Kier alpha value is -5.03. The van der Waals surface area contributed by atoms with Crippen LogP contribution in [0.3, 0.4) is 0 Å². The largest absolute Gasteiger partial charge is 0.455 e. The van der Waals surface area contributed by atoms with Crippen LogP contribution < -0.4 is 10.6 Å². The number of nitrogens with one attached hydrogen (secondary N) is 2. The molecule has 10 nitrogen and oxygen atoms in total. The number of carbonyl (C=O) groups is 4. The summed E-state index contributed by atoms with van der Waals surface area (Å²) < 4.78 is 11.7. The predicted molar refractivity (Wildman–Crippen MR) is 223 cm³/mol. The second-order valence-corrected chi connectivity index (χ2v) is 17.0. The molecule has 4 atom stereocenters. The molecule has 3 amide bonds. The van der Waals surface area contributed by atoms with Gasteiger partial charge in [-0.3, -0.25) is 14.4 Å². The summed E-state index contributed by atoms with van der Waals surface area (Å²) in [6, 6.07) is 26.0. The minimum Gasteiger partial charge on any atom is -0.455 e. The van der Waals surface area contributed by atoms with E-state index >= 15 is 0 Å². The first-order chi connectivity index (χ1) is 27.4. The van der Waals surface area contributed by atoms with Crippen molar-refractivity contribution in [1.82, 2.24) is 20.5 Å². The number of hydrogen-bond acceptors (Lipinski definition) is 8. The molecule has 0 saturated heterocycles. The number of alkyl carbamates (subject to hydrolysis) is 1. The number of fused-ring (bicyclic) bond motifs is 3. The van der Waals surface area contributed by atoms with Crippen LogP contribution in [0.25, 0.3) is 11.1 Å². The van der Waals surface area contributed by atoms with Crippen LogP contribution in [0.15, 0.2) is 84.2 Å². The van der Waals surface area contributed by atoms with Gasteiger partial charge >= 0.3 is 12.1 Å². The molecule has 1 aromatic heterocycles. The Morgan fingerprint density at radius 2 is 1.54 bits per heavy atom. The quantitative estimate of drug-likeness (QED) is 0.102. The molecule has 0 unspecified atom stereocenters. The fourth-order valence-electron chi connectivity index (χ4n) is 8.28. The fourth-order valence-corrected chi connectivity index (χ4v) is 9.12. The standard InChI is InChI=1S/C46H56N4O6S/c1-7-30(4)24-33(25-32-16-9-8-10-17-32)47-42(52)39-28-57-43(48-39)41(56-31(5)51)26-40(29(2)3)50(6)44(53)46(22-15-23-46)49-45(54)55-27-38-36-20-13-11-18-34(36)35-19-12-14-21-37(35)38/h8-14,16-21,28-30,33,38,40-41H,7,15,22-27H2,1-6H3,(H,47,52)(H,49,54)/t30-,33+,40+,41+/m0/s1. The van der Waals surface area contributed by atoms with E-state index in [1.54, 1.807) is 17.3 Å². The van der Waals surface area contributed by atoms with Crippen molar-refractivity contribution in [2.75, 3.05) is 13.7 Å². The lowest BCUT2D eigenvalue weighted by Crippen LogP contribution is -2.64. The van der Waals surface area contributed by atoms with Crippen LogP contribution in [0.2, 0.25) is 0 Å². The molecule has 302 valence electrons. The number of thiazole rings is 1. The van der Waals surface area contributed by atoms with Crippen LogP contribution >= 0.6 is 11.3 Å². The van der Waals surface area contributed by atoms with Gasteiger partial charge in [0.2, 0.25) is 5.91 Å². The Labute approximate surface area is 340 Å². The molecule has 6 rings (SSSR count). The van der Waals surface area contributed by atoms with E-state index < -0.39 is 23.7 Å². The SMILES string of the molecule is CC[C@H](C)C[C@H](Cc1ccccc1)NC(=O)c1csc([C@@H](C[C@H](C(C)C)N(C)C(=O)C2(NC(=O)OCC3c4ccccc4-c4ccccc43)CCC2)OC(C)=O)n1. The summed E-state index contributed by atoms with van der Waals surface area (Å²) in [7, 11) is 1.74. The van der Waals surface area contributed by atoms with Crippen molar-refractivity contribution in [3.63, 3.8) is 0 Å². The van der Waals surface area contributed by atoms with Gasteiger partial charge in [0, 0.05) is 43.8 Å². The molecule has 1 heterocycles. The maximum atomic E-state index is 14.4. The topological polar surface area (TPSA) is 127 Å². The van der Waals surface area contributed by atoms with Gasteiger partial charge in [-0.1, -0.05) is 113 Å². The number of nitrogens with zero attached hydrogens (tertiary/aromatic N) is 2. The van der Waals surface area contributed by atoms with Crippen molar-refractivity contribution >= 4 is 35.2 Å². The minimum atomic E-state index is -1.10. The third kappa shape index (κ3) is 9.75. The lowest BCUT2D eigenvalue weighted by atomic mass is 9.75. The highest BCUT2D eigenvalue weighted by atomic mass is 32.1. The third-order valence-corrected chi connectivity index (χ3v) is 12.7. The molecule has 11 heteroatoms. The number of amides is 3. The molecule has 2 N–H and O–H groups in total. The van der Waals surface area contributed by atoms with Gasteiger partial charge in [0.25, 0.3) is 5.91 Å². The van der Waals surface area contributed by atoms with Crippen molar-refractivity contribution in [2.45, 2.75) is 109 Å². The molecule has 0 aliphatic heterocycles. The predicted octanol–water partition coefficient (Wildman–Crippen LogP) is 8.86. The van der Waals surface area contributed by atoms with Crippen molar-refractivity contribution in [1.29, 1.82) is 0 Å². The van der Waals surface area contributed by atoms with Crippen molar-refractivity contribution in [3.8, 4) is 11.1 Å². The van der Waals surface area contributed by atoms with Crippen LogP contribution in [0.5, 0.6) is 0 Å². The molecule has 4 aromatic rings. The molecule has 0 radical (unpaired) electrons. The Morgan fingerprint density at radius 1 is 0.912 bits per heavy atom. The molecule has 2 aliphatic carbocycles. The van der Waals surface area contributed by atoms with Gasteiger partial charge in [0.1, 0.15) is 22.8 Å². The number of benzene rings is 3. The maximum Gasteiger partial charge on any atom is 0.408 e. The summed E-state index contributed by atoms with van der Waals surface area (Å²) in [5, 5.41) is 8.36. The average molecular weight is 793 g/mol. The summed E-state index contributed by atoms with van der Waals surface area (Å²) >= 11 is 1.26. The van der Waals surface area contributed by atoms with E-state index in [4.69, 9.17) is 9.47 Å². The molecule has 2 aliphatic rings. The summed E-state index contributed by atoms with van der Waals surface area (Å²) in [5.74, 6) is -0.679. The zero-order chi connectivity index (χ0) is 40.7. The zero-order valence-electron chi connectivity index (χ0n) is 34.0. The summed E-state index contributed by atoms with van der Waals surface area (Å²) in [6.07, 6.45) is 3.17. The van der Waals surface area contributed by atoms with Crippen LogP contribution in [0, 0.1) is 11.8 Å². The Balaban J connectivity index is 1.12. The van der Waals surface area contributed by atoms with E-state index in [0.717, 1.165) is 47.1 Å². The Kier molecular flexibility index (Phi) is 13.5. The van der Waals surface area contributed by atoms with Crippen LogP contribution in [0.4, 0.5) is 4.79 Å². The number of rotatable bonds is 17. The highest BCUT2D eigenvalue weighted by molar-refractivity contribution is 7.09. The van der Waals surface area contributed by atoms with Gasteiger partial charge in [-0.05, 0) is 71.8 Å². The van der Waals surface area contributed by atoms with Crippen LogP contribution in [-0.4, -0.2) is 65.0 Å². The van der Waals surface area contributed by atoms with Crippen LogP contribution in [0.1, 0.15) is 117 Å². The first kappa shape index (κ1) is 41.6. The molecule has 3 aromatic carbocycles. The number of esters is 1. The van der Waals surface area contributed by atoms with Gasteiger partial charge in [0.15, 0.2) is 6.10 Å².